The molecule has 0 atom stereocenters. The molecule has 0 aliphatic heterocycles. The molecule has 3 rings (SSSR count). The smallest absolute Gasteiger partial charge is 0.322 e. The number of hydrogen-bond acceptors (Lipinski definition) is 6. The third-order valence-electron chi connectivity index (χ3n) is 3.87. The van der Waals surface area contributed by atoms with Crippen LogP contribution in [0, 0.1) is 17.0 Å². The molecule has 0 saturated carbocycles. The van der Waals surface area contributed by atoms with E-state index in [9.17, 15) is 19.7 Å². The van der Waals surface area contributed by atoms with Crippen molar-refractivity contribution in [1.82, 2.24) is 5.43 Å². The van der Waals surface area contributed by atoms with Crippen molar-refractivity contribution in [1.29, 1.82) is 0 Å². The highest BCUT2D eigenvalue weighted by Crippen LogP contribution is 2.22. The number of anilines is 1. The molecule has 0 fully saturated rings. The van der Waals surface area contributed by atoms with Crippen molar-refractivity contribution in [3.8, 4) is 0 Å². The van der Waals surface area contributed by atoms with Crippen LogP contribution in [0.2, 0.25) is 0 Å². The first kappa shape index (κ1) is 19.9. The number of carbonyl (C=O) groups is 2. The van der Waals surface area contributed by atoms with Crippen LogP contribution in [-0.2, 0) is 0 Å². The molecule has 3 aromatic rings. The Balaban J connectivity index is 1.56. The lowest BCUT2D eigenvalue weighted by Crippen LogP contribution is -2.17. The molecule has 0 aliphatic rings. The number of nitro groups is 1. The highest BCUT2D eigenvalue weighted by atomic mass is 32.1. The second-order valence-electron chi connectivity index (χ2n) is 6.03. The molecular weight excluding hydrogens is 392 g/mol. The number of hydrazone groups is 1. The first-order valence-electron chi connectivity index (χ1n) is 8.48. The molecule has 0 aliphatic carbocycles. The fraction of sp³-hybridized carbons (Fsp3) is 0.0500. The number of nitrogens with one attached hydrogen (secondary N) is 2. The van der Waals surface area contributed by atoms with Crippen molar-refractivity contribution in [3.63, 3.8) is 0 Å². The van der Waals surface area contributed by atoms with Gasteiger partial charge in [-0.25, -0.2) is 5.43 Å². The summed E-state index contributed by atoms with van der Waals surface area (Å²) in [6.45, 7) is 1.94. The van der Waals surface area contributed by atoms with Crippen molar-refractivity contribution in [2.75, 3.05) is 5.32 Å². The summed E-state index contributed by atoms with van der Waals surface area (Å²) < 4.78 is 0. The van der Waals surface area contributed by atoms with Gasteiger partial charge in [0, 0.05) is 22.9 Å². The Bertz CT molecular complexity index is 1070. The third kappa shape index (κ3) is 5.33. The number of thiophene rings is 1. The van der Waals surface area contributed by atoms with Gasteiger partial charge in [-0.05, 0) is 49.4 Å². The zero-order valence-corrected chi connectivity index (χ0v) is 16.1. The molecule has 0 bridgehead atoms. The number of rotatable bonds is 6. The summed E-state index contributed by atoms with van der Waals surface area (Å²) in [4.78, 5) is 35.0. The minimum atomic E-state index is -0.486. The van der Waals surface area contributed by atoms with E-state index in [4.69, 9.17) is 0 Å². The maximum Gasteiger partial charge on any atom is 0.324 e. The van der Waals surface area contributed by atoms with E-state index >= 15 is 0 Å². The van der Waals surface area contributed by atoms with Crippen LogP contribution in [-0.4, -0.2) is 23.0 Å². The lowest BCUT2D eigenvalue weighted by Gasteiger charge is -2.06. The molecule has 2 N–H and O–H groups in total. The average Bonchev–Trinajstić information content (AvgIpc) is 3.18. The summed E-state index contributed by atoms with van der Waals surface area (Å²) in [5.74, 6) is -0.680. The van der Waals surface area contributed by atoms with Crippen LogP contribution in [0.25, 0.3) is 0 Å². The molecule has 0 unspecified atom stereocenters. The van der Waals surface area contributed by atoms with Gasteiger partial charge in [-0.3, -0.25) is 19.7 Å². The zero-order chi connectivity index (χ0) is 20.8. The Morgan fingerprint density at radius 1 is 0.966 bits per heavy atom. The molecule has 0 saturated heterocycles. The predicted octanol–water partition coefficient (Wildman–Crippen LogP) is 3.98. The minimum Gasteiger partial charge on any atom is -0.322 e. The predicted molar refractivity (Wildman–Crippen MR) is 112 cm³/mol. The summed E-state index contributed by atoms with van der Waals surface area (Å²) in [6, 6.07) is 16.5. The maximum absolute atomic E-state index is 12.2. The largest absolute Gasteiger partial charge is 0.324 e. The number of nitrogens with zero attached hydrogens (tertiary/aromatic N) is 2. The van der Waals surface area contributed by atoms with Gasteiger partial charge < -0.3 is 5.32 Å². The number of benzene rings is 2. The van der Waals surface area contributed by atoms with Crippen molar-refractivity contribution in [3.05, 3.63) is 92.3 Å². The zero-order valence-electron chi connectivity index (χ0n) is 15.3. The topological polar surface area (TPSA) is 114 Å². The van der Waals surface area contributed by atoms with Crippen LogP contribution in [0.4, 0.5) is 10.7 Å². The molecule has 2 amide bonds. The number of hydrogen-bond donors (Lipinski definition) is 2. The number of carbonyl (C=O) groups excluding carboxylic acids is 2. The summed E-state index contributed by atoms with van der Waals surface area (Å²) in [5.41, 5.74) is 4.88. The Morgan fingerprint density at radius 2 is 1.59 bits per heavy atom. The molecule has 1 aromatic heterocycles. The normalized spacial score (nSPS) is 10.7. The van der Waals surface area contributed by atoms with Crippen molar-refractivity contribution in [2.24, 2.45) is 5.10 Å². The lowest BCUT2D eigenvalue weighted by molar-refractivity contribution is -0.380. The average molecular weight is 408 g/mol. The summed E-state index contributed by atoms with van der Waals surface area (Å²) in [5, 5.41) is 17.2. The SMILES string of the molecule is Cc1ccc(C(=O)Nc2ccc(C(=O)N/N=C\c3ccc([N+](=O)[O-])s3)cc2)cc1. The Kier molecular flexibility index (Phi) is 6.10. The van der Waals surface area contributed by atoms with Gasteiger partial charge in [0.25, 0.3) is 11.8 Å². The van der Waals surface area contributed by atoms with Gasteiger partial charge >= 0.3 is 5.00 Å². The van der Waals surface area contributed by atoms with Gasteiger partial charge in [0.05, 0.1) is 16.0 Å². The highest BCUT2D eigenvalue weighted by Gasteiger charge is 2.09. The second-order valence-corrected chi connectivity index (χ2v) is 7.12. The van der Waals surface area contributed by atoms with E-state index in [1.807, 2.05) is 19.1 Å². The molecule has 1 heterocycles. The minimum absolute atomic E-state index is 0.000972. The Labute approximate surface area is 170 Å². The summed E-state index contributed by atoms with van der Waals surface area (Å²) in [6.07, 6.45) is 1.34. The molecule has 9 heteroatoms. The van der Waals surface area contributed by atoms with Crippen molar-refractivity contribution >= 4 is 40.1 Å². The Morgan fingerprint density at radius 3 is 2.21 bits per heavy atom. The molecule has 0 spiro atoms. The molecule has 29 heavy (non-hydrogen) atoms. The van der Waals surface area contributed by atoms with Crippen LogP contribution in [0.1, 0.15) is 31.2 Å². The van der Waals surface area contributed by atoms with Gasteiger partial charge in [0.1, 0.15) is 0 Å². The fourth-order valence-electron chi connectivity index (χ4n) is 2.34. The van der Waals surface area contributed by atoms with Crippen LogP contribution in [0.15, 0.2) is 65.8 Å². The van der Waals surface area contributed by atoms with E-state index in [0.717, 1.165) is 16.9 Å². The lowest BCUT2D eigenvalue weighted by atomic mass is 10.1. The van der Waals surface area contributed by atoms with Gasteiger partial charge in [0.15, 0.2) is 0 Å². The van der Waals surface area contributed by atoms with Gasteiger partial charge in [-0.2, -0.15) is 5.10 Å². The number of amides is 2. The fourth-order valence-corrected chi connectivity index (χ4v) is 3.04. The van der Waals surface area contributed by atoms with E-state index in [2.05, 4.69) is 15.8 Å². The Hall–Kier alpha value is -3.85. The summed E-state index contributed by atoms with van der Waals surface area (Å²) >= 11 is 0.955. The van der Waals surface area contributed by atoms with E-state index < -0.39 is 10.8 Å². The summed E-state index contributed by atoms with van der Waals surface area (Å²) in [7, 11) is 0. The van der Waals surface area contributed by atoms with Gasteiger partial charge in [0.2, 0.25) is 0 Å². The number of aryl methyl sites for hydroxylation is 1. The van der Waals surface area contributed by atoms with E-state index in [1.54, 1.807) is 42.5 Å². The first-order chi connectivity index (χ1) is 13.9. The van der Waals surface area contributed by atoms with Gasteiger partial charge in [-0.1, -0.05) is 29.0 Å². The maximum atomic E-state index is 12.2. The molecular formula is C20H16N4O4S. The van der Waals surface area contributed by atoms with E-state index in [1.165, 1.54) is 12.3 Å². The molecule has 8 nitrogen and oxygen atoms in total. The first-order valence-corrected chi connectivity index (χ1v) is 9.30. The monoisotopic (exact) mass is 408 g/mol. The van der Waals surface area contributed by atoms with Crippen LogP contribution >= 0.6 is 11.3 Å². The standard InChI is InChI=1S/C20H16N4O4S/c1-13-2-4-14(5-3-13)19(25)22-16-8-6-15(7-9-16)20(26)23-21-12-17-10-11-18(29-17)24(27)28/h2-12H,1H3,(H,22,25)(H,23,26)/b21-12-. The molecule has 146 valence electrons. The third-order valence-corrected chi connectivity index (χ3v) is 4.84. The van der Waals surface area contributed by atoms with Crippen LogP contribution in [0.3, 0.4) is 0 Å². The molecule has 2 aromatic carbocycles. The van der Waals surface area contributed by atoms with Crippen molar-refractivity contribution in [2.45, 2.75) is 6.92 Å². The van der Waals surface area contributed by atoms with E-state index in [0.29, 0.717) is 21.7 Å². The highest BCUT2D eigenvalue weighted by molar-refractivity contribution is 7.16. The quantitative estimate of drug-likeness (QED) is 0.365. The van der Waals surface area contributed by atoms with Gasteiger partial charge in [-0.15, -0.1) is 0 Å². The van der Waals surface area contributed by atoms with Crippen molar-refractivity contribution < 1.29 is 14.5 Å². The molecule has 0 radical (unpaired) electrons. The second kappa shape index (κ2) is 8.89. The van der Waals surface area contributed by atoms with Crippen LogP contribution < -0.4 is 10.7 Å². The van der Waals surface area contributed by atoms with E-state index in [-0.39, 0.29) is 10.9 Å². The van der Waals surface area contributed by atoms with Crippen LogP contribution in [0.5, 0.6) is 0 Å².